The quantitative estimate of drug-likeness (QED) is 0.671. The number of amides is 2. The van der Waals surface area contributed by atoms with Gasteiger partial charge in [0.15, 0.2) is 0 Å². The van der Waals surface area contributed by atoms with Gasteiger partial charge in [0, 0.05) is 31.5 Å². The van der Waals surface area contributed by atoms with Gasteiger partial charge in [0.1, 0.15) is 0 Å². The number of benzene rings is 2. The Bertz CT molecular complexity index is 840. The molecular weight excluding hydrogens is 384 g/mol. The van der Waals surface area contributed by atoms with Gasteiger partial charge in [-0.1, -0.05) is 74.5 Å². The largest absolute Gasteiger partial charge is 0.353 e. The van der Waals surface area contributed by atoms with Gasteiger partial charge in [0.05, 0.1) is 0 Å². The molecule has 1 fully saturated rings. The van der Waals surface area contributed by atoms with Crippen LogP contribution >= 0.6 is 0 Å². The van der Waals surface area contributed by atoms with Crippen molar-refractivity contribution >= 4 is 11.8 Å². The Kier molecular flexibility index (Phi) is 7.89. The van der Waals surface area contributed by atoms with Crippen molar-refractivity contribution in [2.24, 2.45) is 5.92 Å². The molecule has 4 nitrogen and oxygen atoms in total. The molecule has 1 aliphatic rings. The van der Waals surface area contributed by atoms with E-state index in [1.54, 1.807) is 0 Å². The van der Waals surface area contributed by atoms with Crippen molar-refractivity contribution in [3.8, 4) is 0 Å². The highest BCUT2D eigenvalue weighted by molar-refractivity contribution is 5.80. The van der Waals surface area contributed by atoms with Crippen LogP contribution in [-0.2, 0) is 21.4 Å². The minimum atomic E-state index is 0.000427. The highest BCUT2D eigenvalue weighted by atomic mass is 16.2. The first-order chi connectivity index (χ1) is 14.8. The zero-order valence-corrected chi connectivity index (χ0v) is 19.1. The van der Waals surface area contributed by atoms with Crippen molar-refractivity contribution in [3.63, 3.8) is 0 Å². The standard InChI is InChI=1S/C27H36N2O2/c1-21(20-27(2,3)24-12-8-5-9-13-24)28-26(31)23-16-18-29(19-17-23)25(30)15-14-22-10-6-4-7-11-22/h4-13,21,23H,14-20H2,1-3H3,(H,28,31). The number of hydrogen-bond donors (Lipinski definition) is 1. The van der Waals surface area contributed by atoms with Gasteiger partial charge in [-0.05, 0) is 49.1 Å². The fourth-order valence-corrected chi connectivity index (χ4v) is 4.63. The first kappa shape index (κ1) is 23.1. The summed E-state index contributed by atoms with van der Waals surface area (Å²) < 4.78 is 0. The molecule has 31 heavy (non-hydrogen) atoms. The van der Waals surface area contributed by atoms with E-state index in [1.807, 2.05) is 29.2 Å². The summed E-state index contributed by atoms with van der Waals surface area (Å²) in [6.45, 7) is 7.89. The van der Waals surface area contributed by atoms with Gasteiger partial charge >= 0.3 is 0 Å². The Morgan fingerprint density at radius 2 is 1.58 bits per heavy atom. The third-order valence-electron chi connectivity index (χ3n) is 6.45. The van der Waals surface area contributed by atoms with Gasteiger partial charge < -0.3 is 10.2 Å². The summed E-state index contributed by atoms with van der Waals surface area (Å²) in [5, 5.41) is 3.22. The predicted molar refractivity (Wildman–Crippen MR) is 126 cm³/mol. The van der Waals surface area contributed by atoms with Crippen LogP contribution in [0.25, 0.3) is 0 Å². The van der Waals surface area contributed by atoms with Gasteiger partial charge in [0.2, 0.25) is 11.8 Å². The van der Waals surface area contributed by atoms with Crippen molar-refractivity contribution in [1.82, 2.24) is 10.2 Å². The molecule has 0 saturated carbocycles. The zero-order chi connectivity index (χ0) is 22.3. The number of hydrogen-bond acceptors (Lipinski definition) is 2. The highest BCUT2D eigenvalue weighted by Crippen LogP contribution is 2.28. The monoisotopic (exact) mass is 420 g/mol. The molecule has 1 atom stereocenters. The molecule has 0 spiro atoms. The lowest BCUT2D eigenvalue weighted by molar-refractivity contribution is -0.135. The molecule has 2 aromatic rings. The molecule has 3 rings (SSSR count). The normalized spacial score (nSPS) is 16.0. The maximum absolute atomic E-state index is 12.8. The molecule has 2 aromatic carbocycles. The Balaban J connectivity index is 1.41. The third kappa shape index (κ3) is 6.68. The van der Waals surface area contributed by atoms with E-state index in [2.05, 4.69) is 62.5 Å². The van der Waals surface area contributed by atoms with E-state index in [1.165, 1.54) is 11.1 Å². The fraction of sp³-hybridized carbons (Fsp3) is 0.481. The fourth-order valence-electron chi connectivity index (χ4n) is 4.63. The maximum atomic E-state index is 12.8. The van der Waals surface area contributed by atoms with E-state index < -0.39 is 0 Å². The molecule has 1 heterocycles. The number of aryl methyl sites for hydroxylation is 1. The first-order valence-electron chi connectivity index (χ1n) is 11.5. The van der Waals surface area contributed by atoms with E-state index in [4.69, 9.17) is 0 Å². The lowest BCUT2D eigenvalue weighted by atomic mass is 9.79. The molecule has 0 bridgehead atoms. The van der Waals surface area contributed by atoms with Crippen molar-refractivity contribution in [2.45, 2.75) is 64.3 Å². The number of carbonyl (C=O) groups excluding carboxylic acids is 2. The van der Waals surface area contributed by atoms with Crippen molar-refractivity contribution in [3.05, 3.63) is 71.8 Å². The molecule has 0 aromatic heterocycles. The minimum absolute atomic E-state index is 0.000427. The van der Waals surface area contributed by atoms with Crippen molar-refractivity contribution < 1.29 is 9.59 Å². The molecule has 1 saturated heterocycles. The number of nitrogens with one attached hydrogen (secondary N) is 1. The minimum Gasteiger partial charge on any atom is -0.353 e. The zero-order valence-electron chi connectivity index (χ0n) is 19.1. The first-order valence-corrected chi connectivity index (χ1v) is 11.5. The van der Waals surface area contributed by atoms with Gasteiger partial charge in [-0.2, -0.15) is 0 Å². The highest BCUT2D eigenvalue weighted by Gasteiger charge is 2.29. The Hall–Kier alpha value is -2.62. The van der Waals surface area contributed by atoms with Crippen LogP contribution in [0.4, 0.5) is 0 Å². The summed E-state index contributed by atoms with van der Waals surface area (Å²) in [5.74, 6) is 0.328. The van der Waals surface area contributed by atoms with E-state index in [-0.39, 0.29) is 29.2 Å². The van der Waals surface area contributed by atoms with Crippen LogP contribution in [0.5, 0.6) is 0 Å². The number of piperidine rings is 1. The van der Waals surface area contributed by atoms with Crippen LogP contribution in [-0.4, -0.2) is 35.8 Å². The van der Waals surface area contributed by atoms with E-state index >= 15 is 0 Å². The summed E-state index contributed by atoms with van der Waals surface area (Å²) in [6, 6.07) is 20.7. The molecule has 1 aliphatic heterocycles. The third-order valence-corrected chi connectivity index (χ3v) is 6.45. The van der Waals surface area contributed by atoms with Crippen LogP contribution in [0.1, 0.15) is 57.6 Å². The SMILES string of the molecule is CC(CC(C)(C)c1ccccc1)NC(=O)C1CCN(C(=O)CCc2ccccc2)CC1. The summed E-state index contributed by atoms with van der Waals surface area (Å²) in [4.78, 5) is 27.3. The Labute approximate surface area is 187 Å². The van der Waals surface area contributed by atoms with Crippen molar-refractivity contribution in [2.75, 3.05) is 13.1 Å². The second kappa shape index (κ2) is 10.6. The molecule has 0 aliphatic carbocycles. The number of rotatable bonds is 8. The van der Waals surface area contributed by atoms with Gasteiger partial charge in [-0.3, -0.25) is 9.59 Å². The predicted octanol–water partition coefficient (Wildman–Crippen LogP) is 4.73. The van der Waals surface area contributed by atoms with Crippen LogP contribution in [0.3, 0.4) is 0 Å². The summed E-state index contributed by atoms with van der Waals surface area (Å²) in [6.07, 6.45) is 3.69. The molecule has 4 heteroatoms. The smallest absolute Gasteiger partial charge is 0.223 e. The molecular formula is C27H36N2O2. The van der Waals surface area contributed by atoms with Gasteiger partial charge in [-0.25, -0.2) is 0 Å². The van der Waals surface area contributed by atoms with Gasteiger partial charge in [-0.15, -0.1) is 0 Å². The summed E-state index contributed by atoms with van der Waals surface area (Å²) in [7, 11) is 0. The van der Waals surface area contributed by atoms with Crippen LogP contribution in [0.2, 0.25) is 0 Å². The van der Waals surface area contributed by atoms with E-state index in [9.17, 15) is 9.59 Å². The second-order valence-corrected chi connectivity index (χ2v) is 9.50. The van der Waals surface area contributed by atoms with Crippen LogP contribution in [0, 0.1) is 5.92 Å². The van der Waals surface area contributed by atoms with Gasteiger partial charge in [0.25, 0.3) is 0 Å². The summed E-state index contributed by atoms with van der Waals surface area (Å²) in [5.41, 5.74) is 2.48. The lowest BCUT2D eigenvalue weighted by Crippen LogP contribution is -2.45. The number of carbonyl (C=O) groups is 2. The molecule has 1 unspecified atom stereocenters. The second-order valence-electron chi connectivity index (χ2n) is 9.50. The molecule has 0 radical (unpaired) electrons. The molecule has 166 valence electrons. The average Bonchev–Trinajstić information content (AvgIpc) is 2.78. The molecule has 1 N–H and O–H groups in total. The van der Waals surface area contributed by atoms with E-state index in [0.717, 1.165) is 25.7 Å². The van der Waals surface area contributed by atoms with Crippen molar-refractivity contribution in [1.29, 1.82) is 0 Å². The van der Waals surface area contributed by atoms with E-state index in [0.29, 0.717) is 19.5 Å². The summed E-state index contributed by atoms with van der Waals surface area (Å²) >= 11 is 0. The average molecular weight is 421 g/mol. The Morgan fingerprint density at radius 3 is 2.19 bits per heavy atom. The number of likely N-dealkylation sites (tertiary alicyclic amines) is 1. The van der Waals surface area contributed by atoms with Crippen LogP contribution < -0.4 is 5.32 Å². The Morgan fingerprint density at radius 1 is 1.00 bits per heavy atom. The maximum Gasteiger partial charge on any atom is 0.223 e. The number of nitrogens with zero attached hydrogens (tertiary/aromatic N) is 1. The lowest BCUT2D eigenvalue weighted by Gasteiger charge is -2.33. The topological polar surface area (TPSA) is 49.4 Å². The molecule has 2 amide bonds. The van der Waals surface area contributed by atoms with Crippen LogP contribution in [0.15, 0.2) is 60.7 Å².